The summed E-state index contributed by atoms with van der Waals surface area (Å²) in [6, 6.07) is 6.15. The first-order valence-electron chi connectivity index (χ1n) is 7.43. The highest BCUT2D eigenvalue weighted by molar-refractivity contribution is 5.76. The van der Waals surface area contributed by atoms with Gasteiger partial charge in [-0.1, -0.05) is 6.07 Å². The Hall–Kier alpha value is -2.44. The number of aromatic nitrogens is 4. The van der Waals surface area contributed by atoms with Crippen molar-refractivity contribution in [2.45, 2.75) is 38.3 Å². The average Bonchev–Trinajstić information content (AvgIpc) is 3.06. The van der Waals surface area contributed by atoms with E-state index in [2.05, 4.69) is 33.0 Å². The Morgan fingerprint density at radius 3 is 3.18 bits per heavy atom. The fourth-order valence-electron chi connectivity index (χ4n) is 2.83. The van der Waals surface area contributed by atoms with Gasteiger partial charge in [-0.2, -0.15) is 0 Å². The largest absolute Gasteiger partial charge is 0.497 e. The molecule has 1 atom stereocenters. The molecular formula is C15H19N5O2. The Balaban J connectivity index is 1.62. The van der Waals surface area contributed by atoms with E-state index in [-0.39, 0.29) is 11.9 Å². The molecule has 0 saturated carbocycles. The molecule has 0 aliphatic heterocycles. The van der Waals surface area contributed by atoms with Crippen molar-refractivity contribution in [2.24, 2.45) is 0 Å². The smallest absolute Gasteiger partial charge is 0.222 e. The number of rotatable bonds is 5. The quantitative estimate of drug-likeness (QED) is 0.899. The summed E-state index contributed by atoms with van der Waals surface area (Å²) < 4.78 is 6.82. The van der Waals surface area contributed by atoms with E-state index >= 15 is 0 Å². The van der Waals surface area contributed by atoms with Crippen LogP contribution in [0.4, 0.5) is 0 Å². The van der Waals surface area contributed by atoms with E-state index in [0.717, 1.165) is 25.0 Å². The summed E-state index contributed by atoms with van der Waals surface area (Å²) in [6.45, 7) is 0.487. The molecule has 7 heteroatoms. The maximum absolute atomic E-state index is 12.1. The molecule has 2 aromatic rings. The highest BCUT2D eigenvalue weighted by Gasteiger charge is 2.22. The zero-order valence-corrected chi connectivity index (χ0v) is 12.5. The molecule has 1 aromatic carbocycles. The number of carbonyl (C=O) groups is 1. The lowest BCUT2D eigenvalue weighted by atomic mass is 9.87. The van der Waals surface area contributed by atoms with Crippen molar-refractivity contribution in [3.8, 4) is 5.75 Å². The number of benzene rings is 1. The van der Waals surface area contributed by atoms with Gasteiger partial charge in [-0.3, -0.25) is 4.79 Å². The number of amides is 1. The molecule has 1 amide bonds. The fraction of sp³-hybridized carbons (Fsp3) is 0.467. The summed E-state index contributed by atoms with van der Waals surface area (Å²) >= 11 is 0. The van der Waals surface area contributed by atoms with Crippen molar-refractivity contribution >= 4 is 5.91 Å². The van der Waals surface area contributed by atoms with E-state index in [1.54, 1.807) is 11.8 Å². The standard InChI is InChI=1S/C15H19N5O2/c1-22-12-5-6-13-11(9-12)3-2-4-14(13)17-15(21)7-8-20-10-16-18-19-20/h5-6,9-10,14H,2-4,7-8H2,1H3,(H,17,21)/t14-/m1/s1. The van der Waals surface area contributed by atoms with Crippen molar-refractivity contribution in [3.63, 3.8) is 0 Å². The Morgan fingerprint density at radius 2 is 2.41 bits per heavy atom. The van der Waals surface area contributed by atoms with Crippen LogP contribution in [0.5, 0.6) is 5.75 Å². The number of hydrogen-bond acceptors (Lipinski definition) is 5. The Bertz CT molecular complexity index is 641. The molecule has 1 aromatic heterocycles. The van der Waals surface area contributed by atoms with Crippen LogP contribution < -0.4 is 10.1 Å². The van der Waals surface area contributed by atoms with Crippen LogP contribution in [0.15, 0.2) is 24.5 Å². The molecule has 0 saturated heterocycles. The van der Waals surface area contributed by atoms with Crippen molar-refractivity contribution in [1.82, 2.24) is 25.5 Å². The van der Waals surface area contributed by atoms with Gasteiger partial charge in [0, 0.05) is 6.42 Å². The SMILES string of the molecule is COc1ccc2c(c1)CCC[C@H]2NC(=O)CCn1cnnn1. The van der Waals surface area contributed by atoms with Gasteiger partial charge in [0.1, 0.15) is 12.1 Å². The van der Waals surface area contributed by atoms with E-state index in [1.165, 1.54) is 17.5 Å². The van der Waals surface area contributed by atoms with Gasteiger partial charge >= 0.3 is 0 Å². The number of ether oxygens (including phenoxy) is 1. The van der Waals surface area contributed by atoms with Crippen molar-refractivity contribution in [1.29, 1.82) is 0 Å². The average molecular weight is 301 g/mol. The third-order valence-electron chi connectivity index (χ3n) is 3.96. The molecule has 116 valence electrons. The number of nitrogens with one attached hydrogen (secondary N) is 1. The second-order valence-electron chi connectivity index (χ2n) is 5.40. The highest BCUT2D eigenvalue weighted by atomic mass is 16.5. The zero-order valence-electron chi connectivity index (χ0n) is 12.5. The van der Waals surface area contributed by atoms with Gasteiger partial charge in [0.25, 0.3) is 0 Å². The minimum atomic E-state index is 0.0177. The Morgan fingerprint density at radius 1 is 1.50 bits per heavy atom. The van der Waals surface area contributed by atoms with Crippen molar-refractivity contribution in [3.05, 3.63) is 35.7 Å². The van der Waals surface area contributed by atoms with Crippen molar-refractivity contribution < 1.29 is 9.53 Å². The van der Waals surface area contributed by atoms with Crippen LogP contribution >= 0.6 is 0 Å². The lowest BCUT2D eigenvalue weighted by molar-refractivity contribution is -0.122. The fourth-order valence-corrected chi connectivity index (χ4v) is 2.83. The summed E-state index contributed by atoms with van der Waals surface area (Å²) in [5, 5.41) is 14.0. The van der Waals surface area contributed by atoms with E-state index < -0.39 is 0 Å². The first kappa shape index (κ1) is 14.5. The van der Waals surface area contributed by atoms with Crippen LogP contribution in [0.1, 0.15) is 36.4 Å². The molecule has 0 spiro atoms. The summed E-state index contributed by atoms with van der Waals surface area (Å²) in [5.74, 6) is 0.883. The molecule has 0 radical (unpaired) electrons. The van der Waals surface area contributed by atoms with Crippen LogP contribution in [-0.2, 0) is 17.8 Å². The second-order valence-corrected chi connectivity index (χ2v) is 5.40. The van der Waals surface area contributed by atoms with Crippen LogP contribution in [0.25, 0.3) is 0 Å². The third kappa shape index (κ3) is 3.24. The molecule has 1 aliphatic rings. The van der Waals surface area contributed by atoms with Gasteiger partial charge < -0.3 is 10.1 Å². The summed E-state index contributed by atoms with van der Waals surface area (Å²) in [7, 11) is 1.67. The summed E-state index contributed by atoms with van der Waals surface area (Å²) in [6.07, 6.45) is 4.94. The third-order valence-corrected chi connectivity index (χ3v) is 3.96. The number of tetrazole rings is 1. The minimum absolute atomic E-state index is 0.0177. The van der Waals surface area contributed by atoms with E-state index in [4.69, 9.17) is 4.74 Å². The summed E-state index contributed by atoms with van der Waals surface area (Å²) in [4.78, 5) is 12.1. The predicted molar refractivity (Wildman–Crippen MR) is 79.2 cm³/mol. The number of aryl methyl sites for hydroxylation is 2. The minimum Gasteiger partial charge on any atom is -0.497 e. The van der Waals surface area contributed by atoms with Gasteiger partial charge in [-0.05, 0) is 52.9 Å². The predicted octanol–water partition coefficient (Wildman–Crippen LogP) is 1.27. The van der Waals surface area contributed by atoms with Crippen LogP contribution in [0.2, 0.25) is 0 Å². The van der Waals surface area contributed by atoms with Crippen molar-refractivity contribution in [2.75, 3.05) is 7.11 Å². The Labute approximate surface area is 128 Å². The molecule has 22 heavy (non-hydrogen) atoms. The number of hydrogen-bond donors (Lipinski definition) is 1. The molecule has 1 heterocycles. The topological polar surface area (TPSA) is 81.9 Å². The molecule has 3 rings (SSSR count). The maximum Gasteiger partial charge on any atom is 0.222 e. The first-order valence-corrected chi connectivity index (χ1v) is 7.43. The van der Waals surface area contributed by atoms with Gasteiger partial charge in [0.05, 0.1) is 19.7 Å². The van der Waals surface area contributed by atoms with E-state index in [1.807, 2.05) is 6.07 Å². The number of carbonyl (C=O) groups excluding carboxylic acids is 1. The first-order chi connectivity index (χ1) is 10.8. The lowest BCUT2D eigenvalue weighted by Gasteiger charge is -2.26. The van der Waals surface area contributed by atoms with Crippen LogP contribution in [0, 0.1) is 0 Å². The Kier molecular flexibility index (Phi) is 4.32. The van der Waals surface area contributed by atoms with Gasteiger partial charge in [0.15, 0.2) is 0 Å². The van der Waals surface area contributed by atoms with Crippen LogP contribution in [-0.4, -0.2) is 33.2 Å². The molecule has 1 N–H and O–H groups in total. The number of methoxy groups -OCH3 is 1. The molecule has 1 aliphatic carbocycles. The van der Waals surface area contributed by atoms with E-state index in [0.29, 0.717) is 13.0 Å². The second kappa shape index (κ2) is 6.55. The lowest BCUT2D eigenvalue weighted by Crippen LogP contribution is -2.31. The molecule has 0 fully saturated rings. The normalized spacial score (nSPS) is 16.9. The maximum atomic E-state index is 12.1. The van der Waals surface area contributed by atoms with Gasteiger partial charge in [0.2, 0.25) is 5.91 Å². The highest BCUT2D eigenvalue weighted by Crippen LogP contribution is 2.32. The molecular weight excluding hydrogens is 282 g/mol. The zero-order chi connectivity index (χ0) is 15.4. The molecule has 7 nitrogen and oxygen atoms in total. The van der Waals surface area contributed by atoms with Gasteiger partial charge in [-0.15, -0.1) is 5.10 Å². The number of nitrogens with zero attached hydrogens (tertiary/aromatic N) is 4. The van der Waals surface area contributed by atoms with Gasteiger partial charge in [-0.25, -0.2) is 4.68 Å². The monoisotopic (exact) mass is 301 g/mol. The molecule has 0 bridgehead atoms. The van der Waals surface area contributed by atoms with Crippen LogP contribution in [0.3, 0.4) is 0 Å². The van der Waals surface area contributed by atoms with E-state index in [9.17, 15) is 4.79 Å². The number of fused-ring (bicyclic) bond motifs is 1. The summed E-state index contributed by atoms with van der Waals surface area (Å²) in [5.41, 5.74) is 2.46. The molecule has 0 unspecified atom stereocenters.